The van der Waals surface area contributed by atoms with Gasteiger partial charge < -0.3 is 20.9 Å². The lowest BCUT2D eigenvalue weighted by molar-refractivity contribution is 0.0737. The number of rotatable bonds is 5. The molecular weight excluding hydrogens is 406 g/mol. The highest BCUT2D eigenvalue weighted by atomic mass is 16.2. The van der Waals surface area contributed by atoms with Gasteiger partial charge in [-0.05, 0) is 44.3 Å². The minimum Gasteiger partial charge on any atom is -0.382 e. The normalized spacial score (nSPS) is 16.0. The molecule has 1 aliphatic rings. The van der Waals surface area contributed by atoms with Crippen LogP contribution in [0.4, 0.5) is 11.5 Å². The molecule has 0 spiro atoms. The smallest absolute Gasteiger partial charge is 0.278 e. The molecule has 0 aliphatic carbocycles. The lowest BCUT2D eigenvalue weighted by atomic mass is 10.1. The molecule has 2 amide bonds. The first-order chi connectivity index (χ1) is 15.4. The Hall–Kier alpha value is -3.85. The zero-order valence-corrected chi connectivity index (χ0v) is 18.0. The summed E-state index contributed by atoms with van der Waals surface area (Å²) in [6, 6.07) is 10.8. The summed E-state index contributed by atoms with van der Waals surface area (Å²) in [5.74, 6) is -0.457. The molecule has 1 aliphatic heterocycles. The Morgan fingerprint density at radius 2 is 1.97 bits per heavy atom. The highest BCUT2D eigenvalue weighted by molar-refractivity contribution is 6.05. The van der Waals surface area contributed by atoms with Crippen molar-refractivity contribution in [1.29, 1.82) is 0 Å². The molecule has 3 heterocycles. The van der Waals surface area contributed by atoms with Crippen molar-refractivity contribution in [3.8, 4) is 11.3 Å². The highest BCUT2D eigenvalue weighted by Gasteiger charge is 2.27. The number of amides is 2. The number of benzene rings is 1. The zero-order valence-electron chi connectivity index (χ0n) is 18.0. The van der Waals surface area contributed by atoms with Crippen LogP contribution in [0.2, 0.25) is 0 Å². The van der Waals surface area contributed by atoms with Gasteiger partial charge in [0.25, 0.3) is 11.8 Å². The second kappa shape index (κ2) is 9.11. The molecule has 4 rings (SSSR count). The molecule has 0 radical (unpaired) electrons. The highest BCUT2D eigenvalue weighted by Crippen LogP contribution is 2.21. The first kappa shape index (κ1) is 21.4. The minimum atomic E-state index is -0.472. The van der Waals surface area contributed by atoms with Crippen molar-refractivity contribution in [3.05, 3.63) is 66.2 Å². The first-order valence-corrected chi connectivity index (χ1v) is 10.3. The quantitative estimate of drug-likeness (QED) is 0.636. The van der Waals surface area contributed by atoms with E-state index >= 15 is 0 Å². The van der Waals surface area contributed by atoms with E-state index < -0.39 is 5.91 Å². The van der Waals surface area contributed by atoms with Crippen LogP contribution in [0.3, 0.4) is 0 Å². The molecule has 1 atom stereocenters. The van der Waals surface area contributed by atoms with E-state index in [1.54, 1.807) is 42.6 Å². The maximum atomic E-state index is 12.9. The standard InChI is InChI=1S/C23H25N7O2/c1-29-11-9-18(14-29)30(2)23(32)16-7-5-15(6-8-16)19-13-26-21(24)20(28-19)22(31)27-17-4-3-10-25-12-17/h3-8,10,12-13,18H,9,11,14H2,1-2H3,(H2,24,26)(H,27,31). The zero-order chi connectivity index (χ0) is 22.7. The number of hydrogen-bond donors (Lipinski definition) is 2. The third-order valence-corrected chi connectivity index (χ3v) is 5.60. The molecule has 3 aromatic rings. The van der Waals surface area contributed by atoms with Crippen molar-refractivity contribution in [2.24, 2.45) is 0 Å². The summed E-state index contributed by atoms with van der Waals surface area (Å²) < 4.78 is 0. The number of nitrogens with zero attached hydrogens (tertiary/aromatic N) is 5. The Morgan fingerprint density at radius 1 is 1.19 bits per heavy atom. The third kappa shape index (κ3) is 4.57. The molecule has 164 valence electrons. The van der Waals surface area contributed by atoms with Gasteiger partial charge in [0, 0.05) is 37.0 Å². The van der Waals surface area contributed by atoms with Gasteiger partial charge >= 0.3 is 0 Å². The first-order valence-electron chi connectivity index (χ1n) is 10.3. The van der Waals surface area contributed by atoms with Crippen molar-refractivity contribution >= 4 is 23.3 Å². The Balaban J connectivity index is 1.51. The Kier molecular flexibility index (Phi) is 6.09. The second-order valence-electron chi connectivity index (χ2n) is 7.88. The molecule has 1 unspecified atom stereocenters. The molecule has 0 bridgehead atoms. The number of likely N-dealkylation sites (N-methyl/N-ethyl adjacent to an activating group) is 2. The number of pyridine rings is 1. The summed E-state index contributed by atoms with van der Waals surface area (Å²) in [7, 11) is 3.91. The van der Waals surface area contributed by atoms with E-state index in [9.17, 15) is 9.59 Å². The van der Waals surface area contributed by atoms with E-state index in [1.807, 2.05) is 11.9 Å². The Morgan fingerprint density at radius 3 is 2.62 bits per heavy atom. The maximum Gasteiger partial charge on any atom is 0.278 e. The van der Waals surface area contributed by atoms with Crippen LogP contribution in [0.15, 0.2) is 55.0 Å². The van der Waals surface area contributed by atoms with Crippen LogP contribution < -0.4 is 11.1 Å². The van der Waals surface area contributed by atoms with Gasteiger partial charge in [0.15, 0.2) is 11.5 Å². The molecule has 9 nitrogen and oxygen atoms in total. The predicted molar refractivity (Wildman–Crippen MR) is 122 cm³/mol. The maximum absolute atomic E-state index is 12.9. The number of hydrogen-bond acceptors (Lipinski definition) is 7. The van der Waals surface area contributed by atoms with Gasteiger partial charge in [0.05, 0.1) is 23.8 Å². The van der Waals surface area contributed by atoms with E-state index in [0.717, 1.165) is 25.1 Å². The van der Waals surface area contributed by atoms with E-state index in [4.69, 9.17) is 5.73 Å². The van der Waals surface area contributed by atoms with Gasteiger partial charge in [0.1, 0.15) is 0 Å². The van der Waals surface area contributed by atoms with E-state index in [-0.39, 0.29) is 23.5 Å². The molecule has 0 saturated carbocycles. The summed E-state index contributed by atoms with van der Waals surface area (Å²) in [6.45, 7) is 1.87. The summed E-state index contributed by atoms with van der Waals surface area (Å²) in [4.78, 5) is 42.0. The minimum absolute atomic E-state index is 0.0169. The van der Waals surface area contributed by atoms with Crippen molar-refractivity contribution < 1.29 is 9.59 Å². The largest absolute Gasteiger partial charge is 0.382 e. The molecule has 1 fully saturated rings. The lowest BCUT2D eigenvalue weighted by Gasteiger charge is -2.24. The van der Waals surface area contributed by atoms with Gasteiger partial charge in [-0.3, -0.25) is 14.6 Å². The monoisotopic (exact) mass is 431 g/mol. The number of nitrogens with two attached hydrogens (primary N) is 1. The van der Waals surface area contributed by atoms with Gasteiger partial charge in [-0.2, -0.15) is 0 Å². The van der Waals surface area contributed by atoms with Crippen molar-refractivity contribution in [2.45, 2.75) is 12.5 Å². The van der Waals surface area contributed by atoms with Crippen LogP contribution in [-0.4, -0.2) is 69.8 Å². The molecule has 3 N–H and O–H groups in total. The number of anilines is 2. The van der Waals surface area contributed by atoms with Crippen molar-refractivity contribution in [2.75, 3.05) is 38.2 Å². The van der Waals surface area contributed by atoms with Crippen LogP contribution in [0.1, 0.15) is 27.3 Å². The molecule has 1 saturated heterocycles. The van der Waals surface area contributed by atoms with Gasteiger partial charge in [0.2, 0.25) is 0 Å². The summed E-state index contributed by atoms with van der Waals surface area (Å²) in [5.41, 5.74) is 8.26. The Bertz CT molecular complexity index is 1120. The van der Waals surface area contributed by atoms with Gasteiger partial charge in [-0.25, -0.2) is 9.97 Å². The van der Waals surface area contributed by atoms with Gasteiger partial charge in [-0.1, -0.05) is 12.1 Å². The summed E-state index contributed by atoms with van der Waals surface area (Å²) in [5, 5.41) is 2.71. The second-order valence-corrected chi connectivity index (χ2v) is 7.88. The predicted octanol–water partition coefficient (Wildman–Crippen LogP) is 2.15. The molecule has 9 heteroatoms. The van der Waals surface area contributed by atoms with Gasteiger partial charge in [-0.15, -0.1) is 0 Å². The number of carbonyl (C=O) groups is 2. The van der Waals surface area contributed by atoms with Crippen LogP contribution in [-0.2, 0) is 0 Å². The topological polar surface area (TPSA) is 117 Å². The summed E-state index contributed by atoms with van der Waals surface area (Å²) >= 11 is 0. The van der Waals surface area contributed by atoms with Crippen LogP contribution in [0.25, 0.3) is 11.3 Å². The molecule has 32 heavy (non-hydrogen) atoms. The fourth-order valence-corrected chi connectivity index (χ4v) is 3.71. The average Bonchev–Trinajstić information content (AvgIpc) is 3.25. The SMILES string of the molecule is CN1CCC(N(C)C(=O)c2ccc(-c3cnc(N)c(C(=O)Nc4cccnc4)n3)cc2)C1. The average molecular weight is 432 g/mol. The fourth-order valence-electron chi connectivity index (χ4n) is 3.71. The number of nitrogen functional groups attached to an aromatic ring is 1. The number of likely N-dealkylation sites (tertiary alicyclic amines) is 1. The van der Waals surface area contributed by atoms with E-state index in [1.165, 1.54) is 12.4 Å². The number of nitrogens with one attached hydrogen (secondary N) is 1. The lowest BCUT2D eigenvalue weighted by Crippen LogP contribution is -2.38. The fraction of sp³-hybridized carbons (Fsp3) is 0.261. The molecular formula is C23H25N7O2. The van der Waals surface area contributed by atoms with E-state index in [2.05, 4.69) is 32.2 Å². The number of aromatic nitrogens is 3. The van der Waals surface area contributed by atoms with Crippen LogP contribution in [0.5, 0.6) is 0 Å². The van der Waals surface area contributed by atoms with Crippen LogP contribution >= 0.6 is 0 Å². The summed E-state index contributed by atoms with van der Waals surface area (Å²) in [6.07, 6.45) is 5.62. The molecule has 1 aromatic carbocycles. The van der Waals surface area contributed by atoms with Crippen LogP contribution in [0, 0.1) is 0 Å². The molecule has 2 aromatic heterocycles. The third-order valence-electron chi connectivity index (χ3n) is 5.60. The Labute approximate surface area is 186 Å². The number of carbonyl (C=O) groups excluding carboxylic acids is 2. The van der Waals surface area contributed by atoms with E-state index in [0.29, 0.717) is 16.9 Å². The van der Waals surface area contributed by atoms with Crippen molar-refractivity contribution in [1.82, 2.24) is 24.8 Å². The van der Waals surface area contributed by atoms with Crippen molar-refractivity contribution in [3.63, 3.8) is 0 Å².